The van der Waals surface area contributed by atoms with Crippen LogP contribution in [-0.2, 0) is 19.2 Å². The van der Waals surface area contributed by atoms with Crippen LogP contribution in [0, 0.1) is 0 Å². The molecule has 0 spiro atoms. The van der Waals surface area contributed by atoms with Crippen LogP contribution in [0.3, 0.4) is 0 Å². The van der Waals surface area contributed by atoms with Crippen molar-refractivity contribution in [1.82, 2.24) is 25.5 Å². The molecule has 0 radical (unpaired) electrons. The molecule has 44 heavy (non-hydrogen) atoms. The van der Waals surface area contributed by atoms with Gasteiger partial charge in [0.2, 0.25) is 23.9 Å². The molecule has 4 atom stereocenters. The molecule has 0 bridgehead atoms. The van der Waals surface area contributed by atoms with E-state index in [4.69, 9.17) is 5.73 Å². The number of amides is 5. The number of fused-ring (bicyclic) bond motifs is 1. The van der Waals surface area contributed by atoms with Crippen molar-refractivity contribution in [3.63, 3.8) is 0 Å². The summed E-state index contributed by atoms with van der Waals surface area (Å²) in [5, 5.41) is 17.0. The molecular formula is C28H28N8O7S. The number of aliphatic carboxylic acids is 1. The predicted octanol–water partition coefficient (Wildman–Crippen LogP) is 0.845. The minimum atomic E-state index is -2.06. The number of carboxylic acid groups (broad SMARTS) is 1. The number of aromatic amines is 1. The van der Waals surface area contributed by atoms with Gasteiger partial charge in [-0.05, 0) is 31.5 Å². The number of nitrogens with zero attached hydrogens (tertiary/aromatic N) is 3. The van der Waals surface area contributed by atoms with Crippen molar-refractivity contribution in [1.29, 1.82) is 0 Å². The smallest absolute Gasteiger partial charge is 0.352 e. The number of urea groups is 1. The fourth-order valence-electron chi connectivity index (χ4n) is 5.45. The second-order valence-electron chi connectivity index (χ2n) is 10.4. The molecule has 15 nitrogen and oxygen atoms in total. The largest absolute Gasteiger partial charge is 0.478 e. The van der Waals surface area contributed by atoms with Gasteiger partial charge in [-0.3, -0.25) is 34.0 Å². The Hall–Kier alpha value is -5.38. The fourth-order valence-corrected chi connectivity index (χ4v) is 7.16. The van der Waals surface area contributed by atoms with E-state index in [0.29, 0.717) is 5.69 Å². The van der Waals surface area contributed by atoms with Gasteiger partial charge in [0.05, 0.1) is 10.9 Å². The summed E-state index contributed by atoms with van der Waals surface area (Å²) in [6, 6.07) is 13.0. The topological polar surface area (TPSA) is 220 Å². The quantitative estimate of drug-likeness (QED) is 0.139. The Labute approximate surface area is 254 Å². The molecule has 1 aromatic heterocycles. The minimum absolute atomic E-state index is 0.0713. The summed E-state index contributed by atoms with van der Waals surface area (Å²) in [7, 11) is 0. The monoisotopic (exact) mass is 620 g/mol. The maximum absolute atomic E-state index is 13.9. The Kier molecular flexibility index (Phi) is 7.77. The molecule has 2 aromatic carbocycles. The first-order valence-electron chi connectivity index (χ1n) is 13.2. The van der Waals surface area contributed by atoms with Gasteiger partial charge in [0, 0.05) is 5.69 Å². The molecular weight excluding hydrogens is 592 g/mol. The lowest BCUT2D eigenvalue weighted by Crippen LogP contribution is -2.79. The van der Waals surface area contributed by atoms with Gasteiger partial charge in [0.25, 0.3) is 11.5 Å². The van der Waals surface area contributed by atoms with Gasteiger partial charge in [0.15, 0.2) is 0 Å². The minimum Gasteiger partial charge on any atom is -0.478 e. The Morgan fingerprint density at radius 1 is 1.11 bits per heavy atom. The fraction of sp³-hybridized carbons (Fsp3) is 0.250. The number of carbonyl (C=O) groups excluding carboxylic acids is 4. The molecule has 16 heteroatoms. The summed E-state index contributed by atoms with van der Waals surface area (Å²) in [6.07, 6.45) is 1.30. The maximum atomic E-state index is 13.9. The van der Waals surface area contributed by atoms with Crippen molar-refractivity contribution in [2.45, 2.75) is 41.7 Å². The van der Waals surface area contributed by atoms with Gasteiger partial charge in [-0.15, -0.1) is 11.8 Å². The molecule has 0 saturated carbocycles. The van der Waals surface area contributed by atoms with E-state index < -0.39 is 57.2 Å². The van der Waals surface area contributed by atoms with Crippen LogP contribution in [0.15, 0.2) is 71.7 Å². The Balaban J connectivity index is 1.47. The molecule has 2 aliphatic rings. The maximum Gasteiger partial charge on any atom is 0.352 e. The average Bonchev–Trinajstić information content (AvgIpc) is 3.20. The second-order valence-corrected chi connectivity index (χ2v) is 12.2. The Morgan fingerprint density at radius 2 is 1.75 bits per heavy atom. The lowest BCUT2D eigenvalue weighted by Gasteiger charge is -2.49. The van der Waals surface area contributed by atoms with Crippen LogP contribution >= 0.6 is 11.8 Å². The first-order chi connectivity index (χ1) is 20.9. The Bertz CT molecular complexity index is 1690. The van der Waals surface area contributed by atoms with Crippen molar-refractivity contribution < 1.29 is 29.1 Å². The van der Waals surface area contributed by atoms with E-state index in [1.165, 1.54) is 0 Å². The van der Waals surface area contributed by atoms with Gasteiger partial charge >= 0.3 is 12.0 Å². The number of carbonyl (C=O) groups is 5. The number of rotatable bonds is 10. The average molecular weight is 621 g/mol. The molecule has 0 aliphatic carbocycles. The van der Waals surface area contributed by atoms with Crippen molar-refractivity contribution in [2.24, 2.45) is 5.73 Å². The van der Waals surface area contributed by atoms with Gasteiger partial charge < -0.3 is 26.8 Å². The highest BCUT2D eigenvalue weighted by Gasteiger charge is 2.73. The number of para-hydroxylation sites is 1. The van der Waals surface area contributed by atoms with Crippen molar-refractivity contribution in [3.8, 4) is 0 Å². The third kappa shape index (κ3) is 4.88. The van der Waals surface area contributed by atoms with Gasteiger partial charge in [-0.2, -0.15) is 0 Å². The van der Waals surface area contributed by atoms with E-state index in [2.05, 4.69) is 25.9 Å². The van der Waals surface area contributed by atoms with Crippen LogP contribution < -0.4 is 32.1 Å². The standard InChI is InChI=1S/C28H28N8O7S/c1-27(2)28(24(41)42,31-14-37)36-22(40)18(23(36)44-27)33-21(39)19(15-9-5-3-6-10-15)35(25(29)43)17-13-30-26(34-20(17)38)32-16-11-7-4-8-12-16/h3-14,18-19,23H,1-2H3,(H2,29,43)(H,31,37)(H,33,39)(H,41,42)(H2,30,32,34,38)/t18-,19?,23-,28+/m1/s1. The molecule has 3 heterocycles. The number of hydrogen-bond donors (Lipinski definition) is 6. The highest BCUT2D eigenvalue weighted by molar-refractivity contribution is 8.01. The molecule has 2 aliphatic heterocycles. The van der Waals surface area contributed by atoms with Crippen LogP contribution in [0.4, 0.5) is 22.1 Å². The van der Waals surface area contributed by atoms with E-state index in [9.17, 15) is 33.9 Å². The van der Waals surface area contributed by atoms with E-state index in [1.807, 2.05) is 6.07 Å². The zero-order chi connectivity index (χ0) is 31.8. The molecule has 3 aromatic rings. The number of thioether (sulfide) groups is 1. The highest BCUT2D eigenvalue weighted by Crippen LogP contribution is 2.55. The van der Waals surface area contributed by atoms with E-state index in [-0.39, 0.29) is 23.6 Å². The van der Waals surface area contributed by atoms with Gasteiger partial charge in [-0.25, -0.2) is 14.6 Å². The van der Waals surface area contributed by atoms with E-state index in [1.54, 1.807) is 68.4 Å². The molecule has 7 N–H and O–H groups in total. The van der Waals surface area contributed by atoms with Crippen LogP contribution in [-0.4, -0.2) is 72.0 Å². The van der Waals surface area contributed by atoms with Crippen LogP contribution in [0.25, 0.3) is 0 Å². The number of carboxylic acids is 1. The molecule has 2 saturated heterocycles. The third-order valence-electron chi connectivity index (χ3n) is 7.50. The Morgan fingerprint density at radius 3 is 2.32 bits per heavy atom. The zero-order valence-electron chi connectivity index (χ0n) is 23.4. The lowest BCUT2D eigenvalue weighted by molar-refractivity contribution is -0.175. The van der Waals surface area contributed by atoms with E-state index in [0.717, 1.165) is 27.8 Å². The SMILES string of the molecule is CC1(C)S[C@@H]2[C@H](NC(=O)C(c3ccccc3)N(C(N)=O)c3cnc(Nc4ccccc4)[nH]c3=O)C(=O)N2[C@@]1(NC=O)C(=O)O. The number of H-pyrrole nitrogens is 1. The number of aromatic nitrogens is 2. The van der Waals surface area contributed by atoms with Crippen LogP contribution in [0.1, 0.15) is 25.5 Å². The number of primary amides is 1. The summed E-state index contributed by atoms with van der Waals surface area (Å²) in [6.45, 7) is 3.12. The van der Waals surface area contributed by atoms with Crippen molar-refractivity contribution in [3.05, 3.63) is 82.8 Å². The second kappa shape index (κ2) is 11.4. The van der Waals surface area contributed by atoms with Crippen LogP contribution in [0.2, 0.25) is 0 Å². The first kappa shape index (κ1) is 30.1. The number of nitrogens with two attached hydrogens (primary N) is 1. The molecule has 2 fully saturated rings. The van der Waals surface area contributed by atoms with Crippen molar-refractivity contribution >= 4 is 59.3 Å². The summed E-state index contributed by atoms with van der Waals surface area (Å²) in [5.74, 6) is -3.00. The van der Waals surface area contributed by atoms with Crippen LogP contribution in [0.5, 0.6) is 0 Å². The zero-order valence-corrected chi connectivity index (χ0v) is 24.2. The number of benzene rings is 2. The summed E-state index contributed by atoms with van der Waals surface area (Å²) < 4.78 is -1.19. The van der Waals surface area contributed by atoms with Crippen molar-refractivity contribution in [2.75, 3.05) is 10.2 Å². The summed E-state index contributed by atoms with van der Waals surface area (Å²) in [5.41, 5.74) is 3.45. The number of hydrogen-bond acceptors (Lipinski definition) is 9. The van der Waals surface area contributed by atoms with E-state index >= 15 is 0 Å². The van der Waals surface area contributed by atoms with Gasteiger partial charge in [0.1, 0.15) is 23.1 Å². The summed E-state index contributed by atoms with van der Waals surface area (Å²) >= 11 is 1.08. The molecule has 1 unspecified atom stereocenters. The first-order valence-corrected chi connectivity index (χ1v) is 14.1. The lowest BCUT2D eigenvalue weighted by atomic mass is 9.88. The number of nitrogens with one attached hydrogen (secondary N) is 4. The molecule has 5 amide bonds. The third-order valence-corrected chi connectivity index (χ3v) is 9.11. The number of β-lactam (4-membered cyclic amide) rings is 1. The van der Waals surface area contributed by atoms with Gasteiger partial charge in [-0.1, -0.05) is 48.5 Å². The highest BCUT2D eigenvalue weighted by atomic mass is 32.2. The normalized spacial score (nSPS) is 22.1. The number of anilines is 3. The predicted molar refractivity (Wildman–Crippen MR) is 160 cm³/mol. The molecule has 5 rings (SSSR count). The molecule has 228 valence electrons. The summed E-state index contributed by atoms with van der Waals surface area (Å²) in [4.78, 5) is 85.6.